The molecule has 0 aromatic heterocycles. The normalized spacial score (nSPS) is 16.9. The Morgan fingerprint density at radius 3 is 2.65 bits per heavy atom. The van der Waals surface area contributed by atoms with Crippen molar-refractivity contribution in [1.29, 1.82) is 0 Å². The molecule has 2 amide bonds. The first-order valence-electron chi connectivity index (χ1n) is 7.00. The maximum atomic E-state index is 11.8. The largest absolute Gasteiger partial charge is 0.351 e. The molecule has 0 saturated carbocycles. The fraction of sp³-hybridized carbons (Fsp3) is 0.467. The Labute approximate surface area is 119 Å². The van der Waals surface area contributed by atoms with Crippen molar-refractivity contribution in [2.24, 2.45) is 5.73 Å². The lowest BCUT2D eigenvalue weighted by atomic mass is 10.1. The average molecular weight is 275 g/mol. The molecule has 1 fully saturated rings. The van der Waals surface area contributed by atoms with Crippen LogP contribution < -0.4 is 16.0 Å². The molecule has 3 N–H and O–H groups in total. The van der Waals surface area contributed by atoms with Crippen molar-refractivity contribution in [2.45, 2.75) is 38.8 Å². The van der Waals surface area contributed by atoms with E-state index in [9.17, 15) is 9.59 Å². The number of rotatable bonds is 4. The summed E-state index contributed by atoms with van der Waals surface area (Å²) in [6.07, 6.45) is 2.67. The van der Waals surface area contributed by atoms with Crippen LogP contribution in [0.3, 0.4) is 0 Å². The van der Waals surface area contributed by atoms with E-state index in [1.54, 1.807) is 6.92 Å². The molecular formula is C15H21N3O2. The number of carbonyl (C=O) groups is 2. The molecule has 0 aliphatic carbocycles. The number of benzene rings is 1. The van der Waals surface area contributed by atoms with Crippen molar-refractivity contribution in [3.05, 3.63) is 29.8 Å². The molecule has 1 aromatic carbocycles. The highest BCUT2D eigenvalue weighted by molar-refractivity contribution is 5.93. The molecule has 20 heavy (non-hydrogen) atoms. The first-order valence-corrected chi connectivity index (χ1v) is 7.00. The molecule has 5 heteroatoms. The van der Waals surface area contributed by atoms with Crippen LogP contribution in [0.4, 0.5) is 5.69 Å². The van der Waals surface area contributed by atoms with E-state index < -0.39 is 6.04 Å². The Bertz CT molecular complexity index is 482. The molecule has 2 rings (SSSR count). The summed E-state index contributed by atoms with van der Waals surface area (Å²) in [4.78, 5) is 25.0. The first-order chi connectivity index (χ1) is 9.58. The lowest BCUT2D eigenvalue weighted by Gasteiger charge is -2.26. The standard InChI is InChI=1S/C15H21N3O2/c1-11(16)15(20)17-10-12-5-7-13(8-6-12)18-9-3-2-4-14(18)19/h5-8,11H,2-4,9-10,16H2,1H3,(H,17,20)/t11-/m0/s1. The molecule has 0 unspecified atom stereocenters. The third-order valence-corrected chi connectivity index (χ3v) is 3.45. The zero-order valence-corrected chi connectivity index (χ0v) is 11.8. The molecule has 1 aliphatic heterocycles. The molecule has 0 bridgehead atoms. The van der Waals surface area contributed by atoms with Crippen molar-refractivity contribution in [2.75, 3.05) is 11.4 Å². The highest BCUT2D eigenvalue weighted by Crippen LogP contribution is 2.21. The van der Waals surface area contributed by atoms with Crippen LogP contribution in [0, 0.1) is 0 Å². The summed E-state index contributed by atoms with van der Waals surface area (Å²) in [6.45, 7) is 2.90. The van der Waals surface area contributed by atoms with Crippen molar-refractivity contribution >= 4 is 17.5 Å². The highest BCUT2D eigenvalue weighted by atomic mass is 16.2. The Morgan fingerprint density at radius 2 is 2.05 bits per heavy atom. The molecule has 0 spiro atoms. The minimum absolute atomic E-state index is 0.166. The van der Waals surface area contributed by atoms with E-state index in [-0.39, 0.29) is 11.8 Å². The second-order valence-electron chi connectivity index (χ2n) is 5.18. The lowest BCUT2D eigenvalue weighted by Crippen LogP contribution is -2.37. The number of anilines is 1. The summed E-state index contributed by atoms with van der Waals surface area (Å²) < 4.78 is 0. The number of amides is 2. The maximum absolute atomic E-state index is 11.8. The second kappa shape index (κ2) is 6.52. The van der Waals surface area contributed by atoms with Crippen LogP contribution in [-0.2, 0) is 16.1 Å². The van der Waals surface area contributed by atoms with E-state index in [0.29, 0.717) is 13.0 Å². The van der Waals surface area contributed by atoms with Crippen LogP contribution in [0.5, 0.6) is 0 Å². The third-order valence-electron chi connectivity index (χ3n) is 3.45. The summed E-state index contributed by atoms with van der Waals surface area (Å²) in [5.74, 6) is 0.0227. The van der Waals surface area contributed by atoms with Gasteiger partial charge in [-0.25, -0.2) is 0 Å². The Balaban J connectivity index is 1.95. The number of nitrogens with one attached hydrogen (secondary N) is 1. The molecule has 1 aromatic rings. The van der Waals surface area contributed by atoms with Gasteiger partial charge >= 0.3 is 0 Å². The maximum Gasteiger partial charge on any atom is 0.236 e. The van der Waals surface area contributed by atoms with Crippen LogP contribution in [-0.4, -0.2) is 24.4 Å². The third kappa shape index (κ3) is 3.57. The summed E-state index contributed by atoms with van der Waals surface area (Å²) in [5.41, 5.74) is 7.40. The summed E-state index contributed by atoms with van der Waals surface area (Å²) in [7, 11) is 0. The highest BCUT2D eigenvalue weighted by Gasteiger charge is 2.19. The fourth-order valence-electron chi connectivity index (χ4n) is 2.22. The van der Waals surface area contributed by atoms with E-state index >= 15 is 0 Å². The Morgan fingerprint density at radius 1 is 1.35 bits per heavy atom. The number of nitrogens with zero attached hydrogens (tertiary/aromatic N) is 1. The van der Waals surface area contributed by atoms with E-state index in [1.807, 2.05) is 29.2 Å². The molecule has 1 heterocycles. The van der Waals surface area contributed by atoms with Crippen molar-refractivity contribution in [3.63, 3.8) is 0 Å². The number of hydrogen-bond acceptors (Lipinski definition) is 3. The number of piperidine rings is 1. The SMILES string of the molecule is C[C@H](N)C(=O)NCc1ccc(N2CCCCC2=O)cc1. The van der Waals surface area contributed by atoms with Gasteiger partial charge in [0.2, 0.25) is 11.8 Å². The predicted molar refractivity (Wildman–Crippen MR) is 78.1 cm³/mol. The molecule has 108 valence electrons. The van der Waals surface area contributed by atoms with Crippen LogP contribution >= 0.6 is 0 Å². The summed E-state index contributed by atoms with van der Waals surface area (Å²) >= 11 is 0. The van der Waals surface area contributed by atoms with Crippen LogP contribution in [0.25, 0.3) is 0 Å². The summed E-state index contributed by atoms with van der Waals surface area (Å²) in [6, 6.07) is 7.21. The van der Waals surface area contributed by atoms with Gasteiger partial charge in [-0.3, -0.25) is 9.59 Å². The van der Waals surface area contributed by atoms with Gasteiger partial charge in [0.05, 0.1) is 6.04 Å². The van der Waals surface area contributed by atoms with Crippen molar-refractivity contribution in [3.8, 4) is 0 Å². The van der Waals surface area contributed by atoms with Gasteiger partial charge in [-0.05, 0) is 37.5 Å². The van der Waals surface area contributed by atoms with Gasteiger partial charge in [-0.15, -0.1) is 0 Å². The van der Waals surface area contributed by atoms with Crippen LogP contribution in [0.1, 0.15) is 31.7 Å². The van der Waals surface area contributed by atoms with Gasteiger partial charge in [0.15, 0.2) is 0 Å². The van der Waals surface area contributed by atoms with E-state index in [1.165, 1.54) is 0 Å². The number of nitrogens with two attached hydrogens (primary N) is 1. The van der Waals surface area contributed by atoms with Crippen LogP contribution in [0.15, 0.2) is 24.3 Å². The number of carbonyl (C=O) groups excluding carboxylic acids is 2. The Kier molecular flexibility index (Phi) is 4.74. The lowest BCUT2D eigenvalue weighted by molar-refractivity contribution is -0.122. The van der Waals surface area contributed by atoms with Crippen molar-refractivity contribution in [1.82, 2.24) is 5.32 Å². The van der Waals surface area contributed by atoms with E-state index in [0.717, 1.165) is 30.6 Å². The van der Waals surface area contributed by atoms with Gasteiger partial charge in [0.25, 0.3) is 0 Å². The van der Waals surface area contributed by atoms with Gasteiger partial charge < -0.3 is 16.0 Å². The smallest absolute Gasteiger partial charge is 0.236 e. The minimum Gasteiger partial charge on any atom is -0.351 e. The zero-order chi connectivity index (χ0) is 14.5. The molecule has 0 radical (unpaired) electrons. The molecule has 1 saturated heterocycles. The average Bonchev–Trinajstić information content (AvgIpc) is 2.46. The monoisotopic (exact) mass is 275 g/mol. The predicted octanol–water partition coefficient (Wildman–Crippen LogP) is 1.17. The summed E-state index contributed by atoms with van der Waals surface area (Å²) in [5, 5.41) is 2.76. The van der Waals surface area contributed by atoms with Gasteiger partial charge in [-0.2, -0.15) is 0 Å². The van der Waals surface area contributed by atoms with Crippen LogP contribution in [0.2, 0.25) is 0 Å². The van der Waals surface area contributed by atoms with E-state index in [4.69, 9.17) is 5.73 Å². The Hall–Kier alpha value is -1.88. The van der Waals surface area contributed by atoms with Gasteiger partial charge in [0.1, 0.15) is 0 Å². The zero-order valence-electron chi connectivity index (χ0n) is 11.8. The van der Waals surface area contributed by atoms with Crippen molar-refractivity contribution < 1.29 is 9.59 Å². The molecular weight excluding hydrogens is 254 g/mol. The van der Waals surface area contributed by atoms with E-state index in [2.05, 4.69) is 5.32 Å². The second-order valence-corrected chi connectivity index (χ2v) is 5.18. The molecule has 1 aliphatic rings. The fourth-order valence-corrected chi connectivity index (χ4v) is 2.22. The quantitative estimate of drug-likeness (QED) is 0.866. The van der Waals surface area contributed by atoms with Gasteiger partial charge in [-0.1, -0.05) is 12.1 Å². The molecule has 5 nitrogen and oxygen atoms in total. The minimum atomic E-state index is -0.500. The first kappa shape index (κ1) is 14.5. The topological polar surface area (TPSA) is 75.4 Å². The molecule has 1 atom stereocenters. The van der Waals surface area contributed by atoms with Gasteiger partial charge in [0, 0.05) is 25.2 Å². The number of hydrogen-bond donors (Lipinski definition) is 2.